The molecule has 0 radical (unpaired) electrons. The van der Waals surface area contributed by atoms with Crippen LogP contribution in [0.4, 0.5) is 4.79 Å². The van der Waals surface area contributed by atoms with Gasteiger partial charge in [0.15, 0.2) is 0 Å². The molecule has 0 fully saturated rings. The Labute approximate surface area is 194 Å². The molecule has 0 heterocycles. The summed E-state index contributed by atoms with van der Waals surface area (Å²) in [6.07, 6.45) is 0.0986. The molecule has 33 heavy (non-hydrogen) atoms. The van der Waals surface area contributed by atoms with E-state index >= 15 is 0 Å². The van der Waals surface area contributed by atoms with Gasteiger partial charge >= 0.3 is 12.1 Å². The van der Waals surface area contributed by atoms with E-state index in [0.29, 0.717) is 13.0 Å². The molecule has 0 aromatic heterocycles. The van der Waals surface area contributed by atoms with Crippen molar-refractivity contribution >= 4 is 18.0 Å². The Bertz CT molecular complexity index is 960. The smallest absolute Gasteiger partial charge is 0.407 e. The maximum absolute atomic E-state index is 12.7. The highest BCUT2D eigenvalue weighted by Gasteiger charge is 2.29. The Balaban J connectivity index is 1.57. The highest BCUT2D eigenvalue weighted by atomic mass is 16.5. The van der Waals surface area contributed by atoms with Crippen LogP contribution in [0.25, 0.3) is 11.1 Å². The van der Waals surface area contributed by atoms with Gasteiger partial charge < -0.3 is 20.1 Å². The molecule has 2 aromatic carbocycles. The summed E-state index contributed by atoms with van der Waals surface area (Å²) in [6, 6.07) is 15.9. The van der Waals surface area contributed by atoms with Crippen molar-refractivity contribution in [3.8, 4) is 11.1 Å². The fourth-order valence-corrected chi connectivity index (χ4v) is 4.26. The summed E-state index contributed by atoms with van der Waals surface area (Å²) >= 11 is 0. The van der Waals surface area contributed by atoms with E-state index in [1.54, 1.807) is 6.92 Å². The fourth-order valence-electron chi connectivity index (χ4n) is 4.26. The average Bonchev–Trinajstić information content (AvgIpc) is 3.14. The van der Waals surface area contributed by atoms with Gasteiger partial charge in [-0.05, 0) is 35.6 Å². The maximum Gasteiger partial charge on any atom is 0.407 e. The zero-order chi connectivity index (χ0) is 24.0. The zero-order valence-corrected chi connectivity index (χ0v) is 19.4. The lowest BCUT2D eigenvalue weighted by atomic mass is 9.98. The number of ether oxygens (including phenoxy) is 1. The van der Waals surface area contributed by atoms with E-state index in [0.717, 1.165) is 22.3 Å². The molecule has 7 nitrogen and oxygen atoms in total. The van der Waals surface area contributed by atoms with E-state index in [4.69, 9.17) is 9.84 Å². The van der Waals surface area contributed by atoms with E-state index in [1.165, 1.54) is 4.90 Å². The first-order valence-corrected chi connectivity index (χ1v) is 11.5. The minimum atomic E-state index is -0.940. The van der Waals surface area contributed by atoms with Crippen molar-refractivity contribution in [1.29, 1.82) is 0 Å². The molecule has 7 heteroatoms. The third-order valence-corrected chi connectivity index (χ3v) is 6.23. The van der Waals surface area contributed by atoms with E-state index in [-0.39, 0.29) is 37.4 Å². The quantitative estimate of drug-likeness (QED) is 0.561. The summed E-state index contributed by atoms with van der Waals surface area (Å²) in [5.41, 5.74) is 4.60. The molecule has 0 saturated carbocycles. The van der Waals surface area contributed by atoms with Crippen LogP contribution in [0.1, 0.15) is 50.7 Å². The normalized spacial score (nSPS) is 14.0. The topological polar surface area (TPSA) is 95.9 Å². The molecule has 0 bridgehead atoms. The third kappa shape index (κ3) is 5.72. The van der Waals surface area contributed by atoms with Gasteiger partial charge in [-0.3, -0.25) is 9.59 Å². The van der Waals surface area contributed by atoms with Crippen LogP contribution in [0.15, 0.2) is 48.5 Å². The number of nitrogens with one attached hydrogen (secondary N) is 1. The van der Waals surface area contributed by atoms with Gasteiger partial charge in [0.1, 0.15) is 6.61 Å². The summed E-state index contributed by atoms with van der Waals surface area (Å²) < 4.78 is 5.58. The van der Waals surface area contributed by atoms with Crippen LogP contribution in [0.3, 0.4) is 0 Å². The van der Waals surface area contributed by atoms with Crippen LogP contribution in [0.2, 0.25) is 0 Å². The Morgan fingerprint density at radius 3 is 2.12 bits per heavy atom. The van der Waals surface area contributed by atoms with Gasteiger partial charge in [-0.15, -0.1) is 0 Å². The summed E-state index contributed by atoms with van der Waals surface area (Å²) in [7, 11) is 0. The van der Waals surface area contributed by atoms with Crippen molar-refractivity contribution in [2.45, 2.75) is 45.6 Å². The standard InChI is InChI=1S/C26H32N2O5/c1-4-18(14-24(29)28(5-2)15-17(3)25(30)31)27-26(32)33-16-23-21-12-8-6-10-19(21)20-11-7-9-13-22(20)23/h6-13,17-18,23H,4-5,14-16H2,1-3H3,(H,27,32)(H,30,31). The Morgan fingerprint density at radius 2 is 1.61 bits per heavy atom. The van der Waals surface area contributed by atoms with Gasteiger partial charge in [0.05, 0.1) is 5.92 Å². The van der Waals surface area contributed by atoms with Crippen LogP contribution >= 0.6 is 0 Å². The molecule has 2 atom stereocenters. The van der Waals surface area contributed by atoms with E-state index in [2.05, 4.69) is 29.6 Å². The lowest BCUT2D eigenvalue weighted by Crippen LogP contribution is -2.42. The van der Waals surface area contributed by atoms with Gasteiger partial charge in [-0.1, -0.05) is 62.4 Å². The Hall–Kier alpha value is -3.35. The molecule has 176 valence electrons. The molecule has 2 N–H and O–H groups in total. The van der Waals surface area contributed by atoms with E-state index in [1.807, 2.05) is 38.1 Å². The summed E-state index contributed by atoms with van der Waals surface area (Å²) in [5.74, 6) is -1.80. The van der Waals surface area contributed by atoms with Crippen molar-refractivity contribution in [2.75, 3.05) is 19.7 Å². The van der Waals surface area contributed by atoms with Crippen LogP contribution in [0, 0.1) is 5.92 Å². The monoisotopic (exact) mass is 452 g/mol. The predicted octanol–water partition coefficient (Wildman–Crippen LogP) is 4.26. The van der Waals surface area contributed by atoms with Gasteiger partial charge in [-0.25, -0.2) is 4.79 Å². The van der Waals surface area contributed by atoms with Crippen molar-refractivity contribution in [3.63, 3.8) is 0 Å². The molecule has 3 rings (SSSR count). The van der Waals surface area contributed by atoms with Crippen LogP contribution < -0.4 is 5.32 Å². The van der Waals surface area contributed by atoms with Crippen molar-refractivity contribution in [1.82, 2.24) is 10.2 Å². The molecule has 0 aliphatic heterocycles. The van der Waals surface area contributed by atoms with E-state index in [9.17, 15) is 14.4 Å². The number of benzene rings is 2. The third-order valence-electron chi connectivity index (χ3n) is 6.23. The Morgan fingerprint density at radius 1 is 1.03 bits per heavy atom. The number of carbonyl (C=O) groups excluding carboxylic acids is 2. The number of carbonyl (C=O) groups is 3. The summed E-state index contributed by atoms with van der Waals surface area (Å²) in [4.78, 5) is 37.8. The average molecular weight is 453 g/mol. The first-order valence-electron chi connectivity index (χ1n) is 11.5. The molecular formula is C26H32N2O5. The number of amides is 2. The van der Waals surface area contributed by atoms with Gasteiger partial charge in [0, 0.05) is 31.5 Å². The van der Waals surface area contributed by atoms with Crippen LogP contribution in [0.5, 0.6) is 0 Å². The van der Waals surface area contributed by atoms with Gasteiger partial charge in [0.25, 0.3) is 0 Å². The Kier molecular flexibility index (Phi) is 8.09. The minimum Gasteiger partial charge on any atom is -0.481 e. The van der Waals surface area contributed by atoms with Crippen LogP contribution in [-0.4, -0.2) is 53.7 Å². The number of alkyl carbamates (subject to hydrolysis) is 1. The second-order valence-corrected chi connectivity index (χ2v) is 8.45. The van der Waals surface area contributed by atoms with Crippen LogP contribution in [-0.2, 0) is 14.3 Å². The van der Waals surface area contributed by atoms with Crippen molar-refractivity contribution in [3.05, 3.63) is 59.7 Å². The molecule has 1 aliphatic rings. The number of hydrogen-bond acceptors (Lipinski definition) is 4. The molecule has 1 aliphatic carbocycles. The molecular weight excluding hydrogens is 420 g/mol. The second-order valence-electron chi connectivity index (χ2n) is 8.45. The molecule has 0 spiro atoms. The number of hydrogen-bond donors (Lipinski definition) is 2. The molecule has 2 aromatic rings. The minimum absolute atomic E-state index is 0.0297. The number of rotatable bonds is 10. The largest absolute Gasteiger partial charge is 0.481 e. The van der Waals surface area contributed by atoms with Gasteiger partial charge in [-0.2, -0.15) is 0 Å². The first-order chi connectivity index (χ1) is 15.8. The number of carboxylic acids is 1. The lowest BCUT2D eigenvalue weighted by Gasteiger charge is -2.25. The highest BCUT2D eigenvalue weighted by Crippen LogP contribution is 2.44. The van der Waals surface area contributed by atoms with E-state index < -0.39 is 18.0 Å². The molecule has 2 unspecified atom stereocenters. The zero-order valence-electron chi connectivity index (χ0n) is 19.4. The fraction of sp³-hybridized carbons (Fsp3) is 0.423. The van der Waals surface area contributed by atoms with Crippen molar-refractivity contribution in [2.24, 2.45) is 5.92 Å². The number of nitrogens with zero attached hydrogens (tertiary/aromatic N) is 1. The molecule has 0 saturated heterocycles. The highest BCUT2D eigenvalue weighted by molar-refractivity contribution is 5.80. The number of aliphatic carboxylic acids is 1. The maximum atomic E-state index is 12.7. The van der Waals surface area contributed by atoms with Crippen molar-refractivity contribution < 1.29 is 24.2 Å². The number of carboxylic acid groups (broad SMARTS) is 1. The summed E-state index contributed by atoms with van der Waals surface area (Å²) in [6.45, 7) is 6.04. The summed E-state index contributed by atoms with van der Waals surface area (Å²) in [5, 5.41) is 11.9. The lowest BCUT2D eigenvalue weighted by molar-refractivity contribution is -0.143. The molecule has 2 amide bonds. The first kappa shape index (κ1) is 24.3. The van der Waals surface area contributed by atoms with Gasteiger partial charge in [0.2, 0.25) is 5.91 Å². The predicted molar refractivity (Wildman–Crippen MR) is 126 cm³/mol. The SMILES string of the molecule is CCC(CC(=O)N(CC)CC(C)C(=O)O)NC(=O)OCC1c2ccccc2-c2ccccc21. The second kappa shape index (κ2) is 11.0. The number of fused-ring (bicyclic) bond motifs is 3.